The number of nitrogens with one attached hydrogen (secondary N) is 1. The number of nitrogens with zero attached hydrogens (tertiary/aromatic N) is 1. The molecular formula is C14H7Br2IN2O2. The fraction of sp³-hybridized carbons (Fsp3) is 0. The first kappa shape index (κ1) is 16.3. The largest absolute Gasteiger partial charge is 0.450 e. The number of nitriles is 1. The van der Waals surface area contributed by atoms with E-state index in [4.69, 9.17) is 9.68 Å². The molecule has 0 aliphatic heterocycles. The van der Waals surface area contributed by atoms with Gasteiger partial charge in [0.15, 0.2) is 3.77 Å². The van der Waals surface area contributed by atoms with Gasteiger partial charge in [0, 0.05) is 38.8 Å². The van der Waals surface area contributed by atoms with Gasteiger partial charge in [0.1, 0.15) is 17.4 Å². The molecule has 0 atom stereocenters. The summed E-state index contributed by atoms with van der Waals surface area (Å²) >= 11 is 8.64. The highest BCUT2D eigenvalue weighted by molar-refractivity contribution is 14.1. The van der Waals surface area contributed by atoms with Gasteiger partial charge in [-0.1, -0.05) is 22.0 Å². The van der Waals surface area contributed by atoms with Gasteiger partial charge in [0.25, 0.3) is 5.91 Å². The number of halogens is 3. The first-order chi connectivity index (χ1) is 9.99. The van der Waals surface area contributed by atoms with Crippen molar-refractivity contribution in [1.82, 2.24) is 0 Å². The van der Waals surface area contributed by atoms with E-state index < -0.39 is 5.91 Å². The van der Waals surface area contributed by atoms with Crippen LogP contribution in [0.2, 0.25) is 0 Å². The Morgan fingerprint density at radius 3 is 2.71 bits per heavy atom. The quantitative estimate of drug-likeness (QED) is 0.353. The van der Waals surface area contributed by atoms with Crippen LogP contribution in [-0.2, 0) is 4.79 Å². The van der Waals surface area contributed by atoms with Gasteiger partial charge in [-0.15, -0.1) is 0 Å². The second-order valence-electron chi connectivity index (χ2n) is 3.90. The smallest absolute Gasteiger partial charge is 0.266 e. The van der Waals surface area contributed by atoms with Crippen molar-refractivity contribution >= 4 is 72.1 Å². The van der Waals surface area contributed by atoms with E-state index in [1.54, 1.807) is 24.3 Å². The van der Waals surface area contributed by atoms with Gasteiger partial charge in [0.2, 0.25) is 0 Å². The number of carbonyl (C=O) groups is 1. The molecule has 1 amide bonds. The summed E-state index contributed by atoms with van der Waals surface area (Å²) in [6.07, 6.45) is 1.40. The lowest BCUT2D eigenvalue weighted by atomic mass is 10.2. The second-order valence-corrected chi connectivity index (χ2v) is 6.65. The summed E-state index contributed by atoms with van der Waals surface area (Å²) in [6, 6.07) is 10.7. The molecule has 0 radical (unpaired) electrons. The van der Waals surface area contributed by atoms with E-state index in [2.05, 4.69) is 37.2 Å². The topological polar surface area (TPSA) is 66.0 Å². The molecule has 7 heteroatoms. The van der Waals surface area contributed by atoms with Crippen LogP contribution in [0.25, 0.3) is 6.08 Å². The van der Waals surface area contributed by atoms with Crippen molar-refractivity contribution in [3.8, 4) is 6.07 Å². The van der Waals surface area contributed by atoms with Crippen LogP contribution < -0.4 is 5.32 Å². The highest BCUT2D eigenvalue weighted by Crippen LogP contribution is 2.25. The van der Waals surface area contributed by atoms with Crippen LogP contribution in [0.5, 0.6) is 0 Å². The van der Waals surface area contributed by atoms with E-state index in [9.17, 15) is 4.79 Å². The first-order valence-electron chi connectivity index (χ1n) is 5.63. The van der Waals surface area contributed by atoms with Gasteiger partial charge in [-0.2, -0.15) is 5.26 Å². The molecule has 0 aliphatic carbocycles. The van der Waals surface area contributed by atoms with Gasteiger partial charge in [-0.05, 0) is 40.2 Å². The summed E-state index contributed by atoms with van der Waals surface area (Å²) in [5.41, 5.74) is 0.568. The van der Waals surface area contributed by atoms with E-state index in [1.807, 2.05) is 34.7 Å². The molecule has 21 heavy (non-hydrogen) atoms. The van der Waals surface area contributed by atoms with Gasteiger partial charge in [0.05, 0.1) is 4.47 Å². The predicted molar refractivity (Wildman–Crippen MR) is 95.5 cm³/mol. The van der Waals surface area contributed by atoms with E-state index in [-0.39, 0.29) is 5.57 Å². The Bertz CT molecular complexity index is 743. The number of benzene rings is 1. The van der Waals surface area contributed by atoms with Crippen LogP contribution in [0.15, 0.2) is 49.3 Å². The summed E-state index contributed by atoms with van der Waals surface area (Å²) in [7, 11) is 0. The normalized spacial score (nSPS) is 11.0. The van der Waals surface area contributed by atoms with Crippen molar-refractivity contribution in [3.05, 3.63) is 54.4 Å². The van der Waals surface area contributed by atoms with Crippen molar-refractivity contribution < 1.29 is 9.21 Å². The highest BCUT2D eigenvalue weighted by atomic mass is 127. The molecule has 106 valence electrons. The third-order valence-corrected chi connectivity index (χ3v) is 5.02. The molecule has 4 nitrogen and oxygen atoms in total. The minimum Gasteiger partial charge on any atom is -0.450 e. The molecule has 2 rings (SSSR count). The van der Waals surface area contributed by atoms with Crippen molar-refractivity contribution in [3.63, 3.8) is 0 Å². The molecule has 0 unspecified atom stereocenters. The van der Waals surface area contributed by atoms with Crippen LogP contribution in [0, 0.1) is 15.1 Å². The molecule has 2 aromatic rings. The number of carbonyl (C=O) groups excluding carboxylic acids is 1. The van der Waals surface area contributed by atoms with Crippen LogP contribution >= 0.6 is 54.5 Å². The Morgan fingerprint density at radius 1 is 1.38 bits per heavy atom. The Labute approximate surface area is 151 Å². The Balaban J connectivity index is 2.21. The third-order valence-electron chi connectivity index (χ3n) is 2.40. The number of furan rings is 1. The van der Waals surface area contributed by atoms with Crippen LogP contribution in [0.1, 0.15) is 5.76 Å². The molecular weight excluding hydrogens is 515 g/mol. The number of anilines is 1. The maximum atomic E-state index is 12.1. The molecule has 1 aromatic carbocycles. The monoisotopic (exact) mass is 520 g/mol. The van der Waals surface area contributed by atoms with Crippen LogP contribution in [0.3, 0.4) is 0 Å². The minimum atomic E-state index is -0.488. The first-order valence-corrected chi connectivity index (χ1v) is 8.29. The number of hydrogen-bond donors (Lipinski definition) is 1. The van der Waals surface area contributed by atoms with E-state index >= 15 is 0 Å². The van der Waals surface area contributed by atoms with Crippen LogP contribution in [-0.4, -0.2) is 5.91 Å². The van der Waals surface area contributed by atoms with Gasteiger partial charge < -0.3 is 9.73 Å². The summed E-state index contributed by atoms with van der Waals surface area (Å²) in [5.74, 6) is -0.0506. The number of amides is 1. The van der Waals surface area contributed by atoms with Gasteiger partial charge in [-0.3, -0.25) is 4.79 Å². The Morgan fingerprint density at radius 2 is 2.14 bits per heavy atom. The molecule has 1 aromatic heterocycles. The van der Waals surface area contributed by atoms with E-state index in [0.717, 1.165) is 8.95 Å². The lowest BCUT2D eigenvalue weighted by Crippen LogP contribution is -2.13. The number of rotatable bonds is 3. The van der Waals surface area contributed by atoms with E-state index in [1.165, 1.54) is 6.08 Å². The van der Waals surface area contributed by atoms with E-state index in [0.29, 0.717) is 15.2 Å². The Kier molecular flexibility index (Phi) is 5.61. The molecule has 1 heterocycles. The standard InChI is InChI=1S/C14H7Br2IN2O2/c15-9-2-1-3-10(5-9)19-14(20)8(7-18)4-11-6-12(16)13(17)21-11/h1-6H,(H,19,20)/b8-4-. The zero-order chi connectivity index (χ0) is 15.4. The fourth-order valence-electron chi connectivity index (χ4n) is 1.49. The SMILES string of the molecule is N#C/C(=C/c1cc(Br)c(I)o1)C(=O)Nc1cccc(Br)c1. The summed E-state index contributed by atoms with van der Waals surface area (Å²) in [5, 5.41) is 11.8. The molecule has 0 saturated carbocycles. The number of hydrogen-bond acceptors (Lipinski definition) is 3. The minimum absolute atomic E-state index is 0.0346. The van der Waals surface area contributed by atoms with Crippen molar-refractivity contribution in [2.24, 2.45) is 0 Å². The maximum absolute atomic E-state index is 12.1. The molecule has 0 bridgehead atoms. The molecule has 0 aliphatic rings. The van der Waals surface area contributed by atoms with Gasteiger partial charge in [-0.25, -0.2) is 0 Å². The molecule has 0 spiro atoms. The second kappa shape index (κ2) is 7.24. The average Bonchev–Trinajstić information content (AvgIpc) is 2.74. The zero-order valence-electron chi connectivity index (χ0n) is 10.4. The van der Waals surface area contributed by atoms with Crippen LogP contribution in [0.4, 0.5) is 5.69 Å². The molecule has 1 N–H and O–H groups in total. The lowest BCUT2D eigenvalue weighted by Gasteiger charge is -2.04. The summed E-state index contributed by atoms with van der Waals surface area (Å²) < 4.78 is 7.66. The molecule has 0 fully saturated rings. The fourth-order valence-corrected chi connectivity index (χ4v) is 2.61. The van der Waals surface area contributed by atoms with Crippen molar-refractivity contribution in [1.29, 1.82) is 5.26 Å². The Hall–Kier alpha value is -1.11. The maximum Gasteiger partial charge on any atom is 0.266 e. The van der Waals surface area contributed by atoms with Crippen molar-refractivity contribution in [2.75, 3.05) is 5.32 Å². The average molecular weight is 522 g/mol. The van der Waals surface area contributed by atoms with Crippen molar-refractivity contribution in [2.45, 2.75) is 0 Å². The van der Waals surface area contributed by atoms with Gasteiger partial charge >= 0.3 is 0 Å². The highest BCUT2D eigenvalue weighted by Gasteiger charge is 2.12. The summed E-state index contributed by atoms with van der Waals surface area (Å²) in [6.45, 7) is 0. The third kappa shape index (κ3) is 4.43. The lowest BCUT2D eigenvalue weighted by molar-refractivity contribution is -0.112. The zero-order valence-corrected chi connectivity index (χ0v) is 15.7. The molecule has 0 saturated heterocycles. The predicted octanol–water partition coefficient (Wildman–Crippen LogP) is 4.95. The summed E-state index contributed by atoms with van der Waals surface area (Å²) in [4.78, 5) is 12.1.